The second-order valence-electron chi connectivity index (χ2n) is 5.68. The van der Waals surface area contributed by atoms with Crippen LogP contribution in [0.4, 0.5) is 0 Å². The molecule has 0 aliphatic carbocycles. The number of amides is 1. The molecule has 0 fully saturated rings. The lowest BCUT2D eigenvalue weighted by atomic mass is 10.2. The number of nitrogens with zero attached hydrogens (tertiary/aromatic N) is 1. The lowest BCUT2D eigenvalue weighted by Gasteiger charge is -2.17. The number of hydrogen-bond acceptors (Lipinski definition) is 3. The Kier molecular flexibility index (Phi) is 7.63. The summed E-state index contributed by atoms with van der Waals surface area (Å²) in [6.07, 6.45) is 2.88. The van der Waals surface area contributed by atoms with Gasteiger partial charge in [-0.15, -0.1) is 11.8 Å². The van der Waals surface area contributed by atoms with E-state index >= 15 is 0 Å². The summed E-state index contributed by atoms with van der Waals surface area (Å²) < 4.78 is 0. The Bertz CT molecular complexity index is 664. The summed E-state index contributed by atoms with van der Waals surface area (Å²) in [5.74, 6) is -0.110. The van der Waals surface area contributed by atoms with Crippen LogP contribution in [0, 0.1) is 0 Å². The molecule has 2 aromatic rings. The Balaban J connectivity index is 1.75. The number of halogens is 1. The third kappa shape index (κ3) is 5.86. The molecule has 0 spiro atoms. The maximum atomic E-state index is 12.3. The predicted molar refractivity (Wildman–Crippen MR) is 103 cm³/mol. The number of hydrogen-bond donors (Lipinski definition) is 1. The Hall–Kier alpha value is -1.49. The van der Waals surface area contributed by atoms with Crippen molar-refractivity contribution in [3.8, 4) is 0 Å². The van der Waals surface area contributed by atoms with Gasteiger partial charge in [-0.3, -0.25) is 4.79 Å². The van der Waals surface area contributed by atoms with Gasteiger partial charge < -0.3 is 10.2 Å². The zero-order chi connectivity index (χ0) is 17.4. The first kappa shape index (κ1) is 18.8. The van der Waals surface area contributed by atoms with E-state index in [9.17, 15) is 4.79 Å². The SMILES string of the molecule is CSc1ccc(Cl)c(C(=O)NCCCN(C)Cc2ccccc2)c1. The van der Waals surface area contributed by atoms with E-state index in [1.165, 1.54) is 5.56 Å². The fraction of sp³-hybridized carbons (Fsp3) is 0.316. The lowest BCUT2D eigenvalue weighted by molar-refractivity contribution is 0.0952. The van der Waals surface area contributed by atoms with Crippen LogP contribution in [0.1, 0.15) is 22.3 Å². The molecular formula is C19H23ClN2OS. The van der Waals surface area contributed by atoms with Crippen molar-refractivity contribution in [2.75, 3.05) is 26.4 Å². The Morgan fingerprint density at radius 1 is 1.21 bits per heavy atom. The zero-order valence-electron chi connectivity index (χ0n) is 14.1. The largest absolute Gasteiger partial charge is 0.352 e. The highest BCUT2D eigenvalue weighted by Gasteiger charge is 2.10. The topological polar surface area (TPSA) is 32.3 Å². The van der Waals surface area contributed by atoms with Gasteiger partial charge in [0, 0.05) is 18.0 Å². The average molecular weight is 363 g/mol. The van der Waals surface area contributed by atoms with Crippen molar-refractivity contribution in [2.45, 2.75) is 17.9 Å². The smallest absolute Gasteiger partial charge is 0.252 e. The summed E-state index contributed by atoms with van der Waals surface area (Å²) in [4.78, 5) is 15.5. The lowest BCUT2D eigenvalue weighted by Crippen LogP contribution is -2.28. The molecule has 0 atom stereocenters. The van der Waals surface area contributed by atoms with Crippen molar-refractivity contribution >= 4 is 29.3 Å². The molecule has 0 saturated carbocycles. The normalized spacial score (nSPS) is 10.8. The molecule has 24 heavy (non-hydrogen) atoms. The summed E-state index contributed by atoms with van der Waals surface area (Å²) in [7, 11) is 2.09. The molecule has 0 unspecified atom stereocenters. The summed E-state index contributed by atoms with van der Waals surface area (Å²) in [5, 5.41) is 3.44. The molecule has 2 aromatic carbocycles. The van der Waals surface area contributed by atoms with E-state index in [-0.39, 0.29) is 5.91 Å². The molecule has 1 amide bonds. The molecule has 2 rings (SSSR count). The standard InChI is InChI=1S/C19H23ClN2OS/c1-22(14-15-7-4-3-5-8-15)12-6-11-21-19(23)17-13-16(24-2)9-10-18(17)20/h3-5,7-10,13H,6,11-12,14H2,1-2H3,(H,21,23). The minimum atomic E-state index is -0.110. The van der Waals surface area contributed by atoms with Crippen LogP contribution in [-0.2, 0) is 6.54 Å². The first-order chi connectivity index (χ1) is 11.6. The van der Waals surface area contributed by atoms with E-state index < -0.39 is 0 Å². The molecule has 5 heteroatoms. The van der Waals surface area contributed by atoms with Crippen molar-refractivity contribution in [3.63, 3.8) is 0 Å². The van der Waals surface area contributed by atoms with Crippen LogP contribution in [0.15, 0.2) is 53.4 Å². The van der Waals surface area contributed by atoms with Gasteiger partial charge in [-0.1, -0.05) is 41.9 Å². The van der Waals surface area contributed by atoms with Crippen molar-refractivity contribution in [3.05, 3.63) is 64.7 Å². The Labute approximate surface area is 153 Å². The van der Waals surface area contributed by atoms with E-state index in [1.54, 1.807) is 17.8 Å². The average Bonchev–Trinajstić information content (AvgIpc) is 2.60. The van der Waals surface area contributed by atoms with Gasteiger partial charge in [0.2, 0.25) is 0 Å². The number of carbonyl (C=O) groups excluding carboxylic acids is 1. The fourth-order valence-electron chi connectivity index (χ4n) is 2.43. The van der Waals surface area contributed by atoms with Crippen LogP contribution < -0.4 is 5.32 Å². The molecule has 0 saturated heterocycles. The molecule has 3 nitrogen and oxygen atoms in total. The van der Waals surface area contributed by atoms with Gasteiger partial charge in [0.15, 0.2) is 0 Å². The van der Waals surface area contributed by atoms with Gasteiger partial charge in [-0.05, 0) is 50.0 Å². The highest BCUT2D eigenvalue weighted by atomic mass is 35.5. The summed E-state index contributed by atoms with van der Waals surface area (Å²) in [6, 6.07) is 15.9. The van der Waals surface area contributed by atoms with Crippen LogP contribution in [0.25, 0.3) is 0 Å². The number of rotatable bonds is 8. The summed E-state index contributed by atoms with van der Waals surface area (Å²) in [5.41, 5.74) is 1.84. The van der Waals surface area contributed by atoms with Crippen molar-refractivity contribution < 1.29 is 4.79 Å². The molecule has 0 aliphatic heterocycles. The molecule has 0 heterocycles. The van der Waals surface area contributed by atoms with Crippen LogP contribution in [0.5, 0.6) is 0 Å². The van der Waals surface area contributed by atoms with Gasteiger partial charge in [0.05, 0.1) is 10.6 Å². The highest BCUT2D eigenvalue weighted by Crippen LogP contribution is 2.22. The molecule has 0 bridgehead atoms. The number of carbonyl (C=O) groups is 1. The first-order valence-corrected chi connectivity index (χ1v) is 9.54. The molecule has 0 aliphatic rings. The quantitative estimate of drug-likeness (QED) is 0.561. The van der Waals surface area contributed by atoms with E-state index in [4.69, 9.17) is 11.6 Å². The van der Waals surface area contributed by atoms with Crippen LogP contribution in [0.3, 0.4) is 0 Å². The van der Waals surface area contributed by atoms with Crippen LogP contribution in [0.2, 0.25) is 5.02 Å². The van der Waals surface area contributed by atoms with Crippen molar-refractivity contribution in [1.29, 1.82) is 0 Å². The monoisotopic (exact) mass is 362 g/mol. The number of nitrogens with one attached hydrogen (secondary N) is 1. The van der Waals surface area contributed by atoms with Crippen molar-refractivity contribution in [2.24, 2.45) is 0 Å². The third-order valence-corrected chi connectivity index (χ3v) is 4.77. The van der Waals surface area contributed by atoms with E-state index in [0.717, 1.165) is 24.4 Å². The number of thioether (sulfide) groups is 1. The van der Waals surface area contributed by atoms with Gasteiger partial charge in [0.1, 0.15) is 0 Å². The van der Waals surface area contributed by atoms with E-state index in [2.05, 4.69) is 41.5 Å². The third-order valence-electron chi connectivity index (χ3n) is 3.72. The second kappa shape index (κ2) is 9.72. The van der Waals surface area contributed by atoms with Gasteiger partial charge in [-0.25, -0.2) is 0 Å². The number of benzene rings is 2. The minimum Gasteiger partial charge on any atom is -0.352 e. The van der Waals surface area contributed by atoms with E-state index in [0.29, 0.717) is 17.1 Å². The molecule has 1 N–H and O–H groups in total. The van der Waals surface area contributed by atoms with Gasteiger partial charge in [-0.2, -0.15) is 0 Å². The molecular weight excluding hydrogens is 340 g/mol. The molecule has 0 radical (unpaired) electrons. The summed E-state index contributed by atoms with van der Waals surface area (Å²) >= 11 is 7.72. The Morgan fingerprint density at radius 3 is 2.67 bits per heavy atom. The predicted octanol–water partition coefficient (Wildman–Crippen LogP) is 4.31. The molecule has 128 valence electrons. The maximum Gasteiger partial charge on any atom is 0.252 e. The summed E-state index contributed by atoms with van der Waals surface area (Å²) in [6.45, 7) is 2.47. The maximum absolute atomic E-state index is 12.3. The van der Waals surface area contributed by atoms with Gasteiger partial charge >= 0.3 is 0 Å². The highest BCUT2D eigenvalue weighted by molar-refractivity contribution is 7.98. The van der Waals surface area contributed by atoms with E-state index in [1.807, 2.05) is 24.5 Å². The van der Waals surface area contributed by atoms with Crippen LogP contribution in [-0.4, -0.2) is 37.2 Å². The van der Waals surface area contributed by atoms with Gasteiger partial charge in [0.25, 0.3) is 5.91 Å². The van der Waals surface area contributed by atoms with Crippen molar-refractivity contribution in [1.82, 2.24) is 10.2 Å². The second-order valence-corrected chi connectivity index (χ2v) is 6.97. The Morgan fingerprint density at radius 2 is 1.96 bits per heavy atom. The first-order valence-electron chi connectivity index (χ1n) is 7.94. The molecule has 0 aromatic heterocycles. The zero-order valence-corrected chi connectivity index (χ0v) is 15.7. The van der Waals surface area contributed by atoms with Crippen LogP contribution >= 0.6 is 23.4 Å². The minimum absolute atomic E-state index is 0.110. The fourth-order valence-corrected chi connectivity index (χ4v) is 3.07.